The van der Waals surface area contributed by atoms with Gasteiger partial charge >= 0.3 is 0 Å². The van der Waals surface area contributed by atoms with E-state index >= 15 is 0 Å². The second kappa shape index (κ2) is 3.38. The summed E-state index contributed by atoms with van der Waals surface area (Å²) in [7, 11) is 0. The average Bonchev–Trinajstić information content (AvgIpc) is 2.76. The Labute approximate surface area is 87.7 Å². The molecule has 2 N–H and O–H groups in total. The summed E-state index contributed by atoms with van der Waals surface area (Å²) in [4.78, 5) is 3.90. The lowest BCUT2D eigenvalue weighted by Crippen LogP contribution is -2.11. The molecule has 0 aliphatic rings. The van der Waals surface area contributed by atoms with Crippen molar-refractivity contribution >= 4 is 5.69 Å². The van der Waals surface area contributed by atoms with E-state index in [4.69, 9.17) is 5.73 Å². The van der Waals surface area contributed by atoms with Crippen molar-refractivity contribution in [1.82, 2.24) is 24.5 Å². The molecule has 0 spiro atoms. The maximum absolute atomic E-state index is 5.96. The van der Waals surface area contributed by atoms with Crippen LogP contribution < -0.4 is 5.73 Å². The van der Waals surface area contributed by atoms with Gasteiger partial charge in [-0.05, 0) is 20.8 Å². The highest BCUT2D eigenvalue weighted by Crippen LogP contribution is 2.22. The first-order chi connectivity index (χ1) is 7.11. The van der Waals surface area contributed by atoms with Gasteiger partial charge in [-0.2, -0.15) is 10.2 Å². The SMILES string of the molecule is Cc1nn(C(C)C)c(-n2cncn2)c1N. The molecule has 0 unspecified atom stereocenters. The summed E-state index contributed by atoms with van der Waals surface area (Å²) in [6.45, 7) is 5.98. The fraction of sp³-hybridized carbons (Fsp3) is 0.444. The summed E-state index contributed by atoms with van der Waals surface area (Å²) in [5, 5.41) is 8.44. The van der Waals surface area contributed by atoms with E-state index in [1.165, 1.54) is 6.33 Å². The Balaban J connectivity index is 2.63. The van der Waals surface area contributed by atoms with Crippen LogP contribution in [0.1, 0.15) is 25.6 Å². The molecule has 0 saturated carbocycles. The second-order valence-corrected chi connectivity index (χ2v) is 3.70. The Morgan fingerprint density at radius 3 is 2.67 bits per heavy atom. The van der Waals surface area contributed by atoms with Crippen molar-refractivity contribution in [2.24, 2.45) is 0 Å². The van der Waals surface area contributed by atoms with Crippen molar-refractivity contribution in [3.63, 3.8) is 0 Å². The quantitative estimate of drug-likeness (QED) is 0.793. The Bertz CT molecular complexity index is 453. The van der Waals surface area contributed by atoms with Gasteiger partial charge in [0.25, 0.3) is 0 Å². The fourth-order valence-corrected chi connectivity index (χ4v) is 1.45. The lowest BCUT2D eigenvalue weighted by atomic mass is 10.3. The highest BCUT2D eigenvalue weighted by Gasteiger charge is 2.16. The third kappa shape index (κ3) is 1.47. The van der Waals surface area contributed by atoms with Gasteiger partial charge in [0, 0.05) is 6.04 Å². The maximum Gasteiger partial charge on any atom is 0.177 e. The number of aryl methyl sites for hydroxylation is 1. The molecule has 0 aromatic carbocycles. The standard InChI is InChI=1S/C9H14N6/c1-6(2)15-9(8(10)7(3)13-15)14-5-11-4-12-14/h4-6H,10H2,1-3H3. The van der Waals surface area contributed by atoms with Gasteiger partial charge in [-0.1, -0.05) is 0 Å². The summed E-state index contributed by atoms with van der Waals surface area (Å²) in [5.41, 5.74) is 7.42. The first kappa shape index (κ1) is 9.70. The molecule has 15 heavy (non-hydrogen) atoms. The minimum atomic E-state index is 0.236. The Morgan fingerprint density at radius 2 is 2.13 bits per heavy atom. The van der Waals surface area contributed by atoms with Crippen LogP contribution in [0.2, 0.25) is 0 Å². The molecule has 0 fully saturated rings. The van der Waals surface area contributed by atoms with Crippen molar-refractivity contribution in [1.29, 1.82) is 0 Å². The number of hydrogen-bond acceptors (Lipinski definition) is 4. The van der Waals surface area contributed by atoms with Crippen LogP contribution in [-0.4, -0.2) is 24.5 Å². The number of hydrogen-bond donors (Lipinski definition) is 1. The van der Waals surface area contributed by atoms with E-state index < -0.39 is 0 Å². The normalized spacial score (nSPS) is 11.2. The Hall–Kier alpha value is -1.85. The van der Waals surface area contributed by atoms with Crippen LogP contribution in [0.4, 0.5) is 5.69 Å². The zero-order valence-electron chi connectivity index (χ0n) is 9.05. The minimum Gasteiger partial charge on any atom is -0.394 e. The molecule has 2 rings (SSSR count). The van der Waals surface area contributed by atoms with Crippen LogP contribution in [0.15, 0.2) is 12.7 Å². The zero-order chi connectivity index (χ0) is 11.0. The summed E-state index contributed by atoms with van der Waals surface area (Å²) in [6.07, 6.45) is 3.10. The first-order valence-electron chi connectivity index (χ1n) is 4.81. The highest BCUT2D eigenvalue weighted by molar-refractivity contribution is 5.56. The molecule has 2 aromatic heterocycles. The molecule has 0 aliphatic carbocycles. The molecule has 0 amide bonds. The number of nitrogens with two attached hydrogens (primary N) is 1. The zero-order valence-corrected chi connectivity index (χ0v) is 9.05. The van der Waals surface area contributed by atoms with Crippen molar-refractivity contribution in [2.45, 2.75) is 26.8 Å². The van der Waals surface area contributed by atoms with Crippen LogP contribution in [-0.2, 0) is 0 Å². The molecule has 0 aliphatic heterocycles. The van der Waals surface area contributed by atoms with E-state index in [-0.39, 0.29) is 6.04 Å². The van der Waals surface area contributed by atoms with Gasteiger partial charge in [0.2, 0.25) is 0 Å². The predicted molar refractivity (Wildman–Crippen MR) is 56.7 cm³/mol. The maximum atomic E-state index is 5.96. The predicted octanol–water partition coefficient (Wildman–Crippen LogP) is 0.935. The molecule has 80 valence electrons. The van der Waals surface area contributed by atoms with Crippen LogP contribution in [0.5, 0.6) is 0 Å². The van der Waals surface area contributed by atoms with Crippen molar-refractivity contribution in [2.75, 3.05) is 5.73 Å². The van der Waals surface area contributed by atoms with Crippen molar-refractivity contribution in [3.8, 4) is 5.82 Å². The highest BCUT2D eigenvalue weighted by atomic mass is 15.4. The molecular formula is C9H14N6. The molecule has 0 radical (unpaired) electrons. The van der Waals surface area contributed by atoms with Crippen LogP contribution in [0, 0.1) is 6.92 Å². The van der Waals surface area contributed by atoms with E-state index in [0.717, 1.165) is 11.5 Å². The van der Waals surface area contributed by atoms with Gasteiger partial charge in [-0.3, -0.25) is 0 Å². The largest absolute Gasteiger partial charge is 0.394 e. The monoisotopic (exact) mass is 206 g/mol. The Morgan fingerprint density at radius 1 is 1.40 bits per heavy atom. The number of rotatable bonds is 2. The van der Waals surface area contributed by atoms with E-state index in [1.54, 1.807) is 11.0 Å². The fourth-order valence-electron chi connectivity index (χ4n) is 1.45. The van der Waals surface area contributed by atoms with Gasteiger partial charge in [0.15, 0.2) is 5.82 Å². The van der Waals surface area contributed by atoms with E-state index in [0.29, 0.717) is 5.69 Å². The Kier molecular flexibility index (Phi) is 2.18. The number of anilines is 1. The molecule has 6 nitrogen and oxygen atoms in total. The lowest BCUT2D eigenvalue weighted by Gasteiger charge is -2.10. The van der Waals surface area contributed by atoms with Crippen LogP contribution in [0.25, 0.3) is 5.82 Å². The number of nitrogen functional groups attached to an aromatic ring is 1. The summed E-state index contributed by atoms with van der Waals surface area (Å²) in [6, 6.07) is 0.236. The van der Waals surface area contributed by atoms with Crippen molar-refractivity contribution < 1.29 is 0 Å². The van der Waals surface area contributed by atoms with E-state index in [2.05, 4.69) is 15.2 Å². The van der Waals surface area contributed by atoms with E-state index in [1.807, 2.05) is 25.5 Å². The van der Waals surface area contributed by atoms with Crippen LogP contribution >= 0.6 is 0 Å². The molecule has 0 bridgehead atoms. The summed E-state index contributed by atoms with van der Waals surface area (Å²) in [5.74, 6) is 0.778. The van der Waals surface area contributed by atoms with Gasteiger partial charge in [-0.25, -0.2) is 14.3 Å². The molecule has 0 saturated heterocycles. The lowest BCUT2D eigenvalue weighted by molar-refractivity contribution is 0.512. The van der Waals surface area contributed by atoms with Gasteiger partial charge < -0.3 is 5.73 Å². The van der Waals surface area contributed by atoms with Gasteiger partial charge in [0.05, 0.1) is 11.4 Å². The molecule has 0 atom stereocenters. The first-order valence-corrected chi connectivity index (χ1v) is 4.81. The molecule has 6 heteroatoms. The topological polar surface area (TPSA) is 74.5 Å². The van der Waals surface area contributed by atoms with Crippen molar-refractivity contribution in [3.05, 3.63) is 18.3 Å². The summed E-state index contributed by atoms with van der Waals surface area (Å²) >= 11 is 0. The second-order valence-electron chi connectivity index (χ2n) is 3.70. The molecule has 2 aromatic rings. The minimum absolute atomic E-state index is 0.236. The summed E-state index contributed by atoms with van der Waals surface area (Å²) < 4.78 is 3.48. The number of nitrogens with zero attached hydrogens (tertiary/aromatic N) is 5. The number of aromatic nitrogens is 5. The third-order valence-corrected chi connectivity index (χ3v) is 2.23. The van der Waals surface area contributed by atoms with Gasteiger partial charge in [-0.15, -0.1) is 0 Å². The smallest absolute Gasteiger partial charge is 0.177 e. The third-order valence-electron chi connectivity index (χ3n) is 2.23. The van der Waals surface area contributed by atoms with Crippen LogP contribution in [0.3, 0.4) is 0 Å². The van der Waals surface area contributed by atoms with E-state index in [9.17, 15) is 0 Å². The average molecular weight is 206 g/mol. The molecular weight excluding hydrogens is 192 g/mol. The molecule has 2 heterocycles. The van der Waals surface area contributed by atoms with Gasteiger partial charge in [0.1, 0.15) is 12.7 Å².